The zero-order valence-electron chi connectivity index (χ0n) is 10.8. The predicted molar refractivity (Wildman–Crippen MR) is 84.8 cm³/mol. The summed E-state index contributed by atoms with van der Waals surface area (Å²) in [6, 6.07) is 17.8. The summed E-state index contributed by atoms with van der Waals surface area (Å²) in [4.78, 5) is 10.2. The summed E-state index contributed by atoms with van der Waals surface area (Å²) in [5.74, 6) is 1.22. The lowest BCUT2D eigenvalue weighted by molar-refractivity contribution is -0.384. The highest BCUT2D eigenvalue weighted by atomic mass is 79.9. The first kappa shape index (κ1) is 13.6. The van der Waals surface area contributed by atoms with E-state index in [9.17, 15) is 10.1 Å². The number of halogens is 1. The van der Waals surface area contributed by atoms with E-state index < -0.39 is 4.92 Å². The molecule has 0 bridgehead atoms. The van der Waals surface area contributed by atoms with Gasteiger partial charge in [-0.25, -0.2) is 0 Å². The van der Waals surface area contributed by atoms with E-state index in [1.54, 1.807) is 12.1 Å². The van der Waals surface area contributed by atoms with Gasteiger partial charge in [0, 0.05) is 12.1 Å². The lowest BCUT2D eigenvalue weighted by atomic mass is 10.1. The van der Waals surface area contributed by atoms with Crippen LogP contribution in [0.4, 0.5) is 5.69 Å². The van der Waals surface area contributed by atoms with Gasteiger partial charge >= 0.3 is 0 Å². The number of fused-ring (bicyclic) bond motifs is 1. The van der Waals surface area contributed by atoms with Gasteiger partial charge < -0.3 is 4.74 Å². The molecule has 0 N–H and O–H groups in total. The summed E-state index contributed by atoms with van der Waals surface area (Å²) in [5.41, 5.74) is 0.0416. The molecule has 0 amide bonds. The fraction of sp³-hybridized carbons (Fsp3) is 0. The topological polar surface area (TPSA) is 52.4 Å². The van der Waals surface area contributed by atoms with Gasteiger partial charge in [0.15, 0.2) is 0 Å². The number of nitro benzene ring substituents is 1. The Morgan fingerprint density at radius 3 is 2.38 bits per heavy atom. The highest BCUT2D eigenvalue weighted by Gasteiger charge is 2.09. The van der Waals surface area contributed by atoms with Gasteiger partial charge in [-0.1, -0.05) is 30.3 Å². The first-order valence-electron chi connectivity index (χ1n) is 6.25. The van der Waals surface area contributed by atoms with E-state index in [0.29, 0.717) is 11.5 Å². The Bertz CT molecular complexity index is 815. The molecule has 0 aliphatic rings. The van der Waals surface area contributed by atoms with Crippen molar-refractivity contribution in [1.82, 2.24) is 0 Å². The quantitative estimate of drug-likeness (QED) is 0.478. The largest absolute Gasteiger partial charge is 0.456 e. The third-order valence-electron chi connectivity index (χ3n) is 3.10. The monoisotopic (exact) mass is 343 g/mol. The Morgan fingerprint density at radius 2 is 1.67 bits per heavy atom. The summed E-state index contributed by atoms with van der Waals surface area (Å²) in [6.45, 7) is 0. The SMILES string of the molecule is O=[N+]([O-])c1ccc(Oc2ccc3ccccc3c2Br)cc1. The minimum absolute atomic E-state index is 0.0416. The number of hydrogen-bond donors (Lipinski definition) is 0. The smallest absolute Gasteiger partial charge is 0.269 e. The van der Waals surface area contributed by atoms with E-state index in [2.05, 4.69) is 15.9 Å². The zero-order valence-corrected chi connectivity index (χ0v) is 12.4. The molecule has 0 unspecified atom stereocenters. The lowest BCUT2D eigenvalue weighted by Crippen LogP contribution is -1.89. The molecule has 0 aliphatic carbocycles. The Hall–Kier alpha value is -2.40. The highest BCUT2D eigenvalue weighted by molar-refractivity contribution is 9.10. The molecule has 0 aromatic heterocycles. The van der Waals surface area contributed by atoms with Crippen molar-refractivity contribution in [2.24, 2.45) is 0 Å². The first-order valence-corrected chi connectivity index (χ1v) is 7.04. The van der Waals surface area contributed by atoms with Gasteiger partial charge in [0.2, 0.25) is 0 Å². The molecule has 21 heavy (non-hydrogen) atoms. The number of nitrogens with zero attached hydrogens (tertiary/aromatic N) is 1. The maximum atomic E-state index is 10.6. The molecule has 0 radical (unpaired) electrons. The van der Waals surface area contributed by atoms with Crippen molar-refractivity contribution >= 4 is 32.4 Å². The predicted octanol–water partition coefficient (Wildman–Crippen LogP) is 5.30. The summed E-state index contributed by atoms with van der Waals surface area (Å²) in [5, 5.41) is 12.8. The van der Waals surface area contributed by atoms with Crippen LogP contribution in [0.25, 0.3) is 10.8 Å². The first-order chi connectivity index (χ1) is 10.1. The van der Waals surface area contributed by atoms with Gasteiger partial charge in [0.1, 0.15) is 11.5 Å². The van der Waals surface area contributed by atoms with Gasteiger partial charge in [0.25, 0.3) is 5.69 Å². The Morgan fingerprint density at radius 1 is 0.952 bits per heavy atom. The minimum Gasteiger partial charge on any atom is -0.456 e. The summed E-state index contributed by atoms with van der Waals surface area (Å²) in [6.07, 6.45) is 0. The molecule has 5 heteroatoms. The van der Waals surface area contributed by atoms with Crippen LogP contribution in [0.2, 0.25) is 0 Å². The molecule has 0 saturated carbocycles. The molecular formula is C16H10BrNO3. The van der Waals surface area contributed by atoms with Crippen LogP contribution in [-0.2, 0) is 0 Å². The van der Waals surface area contributed by atoms with Crippen molar-refractivity contribution in [2.45, 2.75) is 0 Å². The molecule has 3 aromatic rings. The number of hydrogen-bond acceptors (Lipinski definition) is 3. The van der Waals surface area contributed by atoms with E-state index in [0.717, 1.165) is 15.2 Å². The lowest BCUT2D eigenvalue weighted by Gasteiger charge is -2.09. The van der Waals surface area contributed by atoms with E-state index in [4.69, 9.17) is 4.74 Å². The fourth-order valence-corrected chi connectivity index (χ4v) is 2.63. The van der Waals surface area contributed by atoms with Crippen LogP contribution in [-0.4, -0.2) is 4.92 Å². The minimum atomic E-state index is -0.435. The normalized spacial score (nSPS) is 10.5. The molecule has 4 nitrogen and oxygen atoms in total. The van der Waals surface area contributed by atoms with Crippen LogP contribution in [0.1, 0.15) is 0 Å². The highest BCUT2D eigenvalue weighted by Crippen LogP contribution is 2.36. The Balaban J connectivity index is 1.94. The van der Waals surface area contributed by atoms with E-state index in [1.807, 2.05) is 36.4 Å². The second-order valence-corrected chi connectivity index (χ2v) is 5.24. The average molecular weight is 344 g/mol. The molecule has 0 fully saturated rings. The van der Waals surface area contributed by atoms with Gasteiger partial charge in [-0.3, -0.25) is 10.1 Å². The van der Waals surface area contributed by atoms with Crippen molar-refractivity contribution in [2.75, 3.05) is 0 Å². The van der Waals surface area contributed by atoms with Crippen LogP contribution in [0.15, 0.2) is 65.1 Å². The van der Waals surface area contributed by atoms with Crippen LogP contribution in [0, 0.1) is 10.1 Å². The van der Waals surface area contributed by atoms with Crippen LogP contribution in [0.3, 0.4) is 0 Å². The van der Waals surface area contributed by atoms with Gasteiger partial charge in [-0.05, 0) is 44.9 Å². The van der Waals surface area contributed by atoms with Crippen molar-refractivity contribution in [3.8, 4) is 11.5 Å². The summed E-state index contributed by atoms with van der Waals surface area (Å²) >= 11 is 3.54. The fourth-order valence-electron chi connectivity index (χ4n) is 2.06. The third-order valence-corrected chi connectivity index (χ3v) is 3.92. The maximum absolute atomic E-state index is 10.6. The second kappa shape index (κ2) is 5.54. The number of ether oxygens (including phenoxy) is 1. The van der Waals surface area contributed by atoms with Gasteiger partial charge in [-0.15, -0.1) is 0 Å². The molecule has 0 heterocycles. The standard InChI is InChI=1S/C16H10BrNO3/c17-16-14-4-2-1-3-11(14)5-10-15(16)21-13-8-6-12(7-9-13)18(19)20/h1-10H. The molecular weight excluding hydrogens is 334 g/mol. The molecule has 0 spiro atoms. The van der Waals surface area contributed by atoms with E-state index in [-0.39, 0.29) is 5.69 Å². The summed E-state index contributed by atoms with van der Waals surface area (Å²) < 4.78 is 6.64. The number of rotatable bonds is 3. The van der Waals surface area contributed by atoms with Crippen molar-refractivity contribution in [3.63, 3.8) is 0 Å². The van der Waals surface area contributed by atoms with Crippen LogP contribution < -0.4 is 4.74 Å². The summed E-state index contributed by atoms with van der Waals surface area (Å²) in [7, 11) is 0. The molecule has 3 aromatic carbocycles. The van der Waals surface area contributed by atoms with E-state index in [1.165, 1.54) is 12.1 Å². The Kier molecular flexibility index (Phi) is 3.58. The molecule has 0 atom stereocenters. The molecule has 0 aliphatic heterocycles. The van der Waals surface area contributed by atoms with Crippen LogP contribution >= 0.6 is 15.9 Å². The maximum Gasteiger partial charge on any atom is 0.269 e. The second-order valence-electron chi connectivity index (χ2n) is 4.45. The Labute approximate surface area is 129 Å². The third kappa shape index (κ3) is 2.73. The molecule has 3 rings (SSSR count). The zero-order chi connectivity index (χ0) is 14.8. The molecule has 104 valence electrons. The van der Waals surface area contributed by atoms with Crippen molar-refractivity contribution in [1.29, 1.82) is 0 Å². The number of non-ortho nitro benzene ring substituents is 1. The van der Waals surface area contributed by atoms with Gasteiger partial charge in [-0.2, -0.15) is 0 Å². The van der Waals surface area contributed by atoms with Gasteiger partial charge in [0.05, 0.1) is 9.40 Å². The van der Waals surface area contributed by atoms with E-state index >= 15 is 0 Å². The number of nitro groups is 1. The van der Waals surface area contributed by atoms with Crippen molar-refractivity contribution in [3.05, 3.63) is 75.3 Å². The molecule has 0 saturated heterocycles. The average Bonchev–Trinajstić information content (AvgIpc) is 2.51. The van der Waals surface area contributed by atoms with Crippen LogP contribution in [0.5, 0.6) is 11.5 Å². The number of benzene rings is 3. The van der Waals surface area contributed by atoms with Crippen molar-refractivity contribution < 1.29 is 9.66 Å².